The number of hydrogen-bond donors (Lipinski definition) is 1. The number of morpholine rings is 1. The van der Waals surface area contributed by atoms with Crippen LogP contribution in [0.15, 0.2) is 71.1 Å². The Kier molecular flexibility index (Phi) is 10.7. The van der Waals surface area contributed by atoms with Gasteiger partial charge in [0.05, 0.1) is 18.1 Å². The smallest absolute Gasteiger partial charge is 0.261 e. The van der Waals surface area contributed by atoms with Gasteiger partial charge in [0, 0.05) is 26.2 Å². The summed E-state index contributed by atoms with van der Waals surface area (Å²) in [6, 6.07) is 14.8. The van der Waals surface area contributed by atoms with Crippen molar-refractivity contribution in [1.29, 1.82) is 0 Å². The van der Waals surface area contributed by atoms with Crippen molar-refractivity contribution in [3.63, 3.8) is 0 Å². The molecule has 1 aliphatic heterocycles. The molecule has 2 aromatic carbocycles. The first-order chi connectivity index (χ1) is 19.3. The van der Waals surface area contributed by atoms with Gasteiger partial charge in [0.1, 0.15) is 11.8 Å². The fraction of sp³-hybridized carbons (Fsp3) is 0.467. The highest BCUT2D eigenvalue weighted by Gasteiger charge is 2.28. The van der Waals surface area contributed by atoms with Crippen LogP contribution >= 0.6 is 0 Å². The Balaban J connectivity index is 1.36. The van der Waals surface area contributed by atoms with Gasteiger partial charge in [-0.1, -0.05) is 42.0 Å². The zero-order valence-electron chi connectivity index (χ0n) is 23.1. The summed E-state index contributed by atoms with van der Waals surface area (Å²) in [7, 11) is -3.62. The predicted octanol–water partition coefficient (Wildman–Crippen LogP) is 3.51. The zero-order valence-corrected chi connectivity index (χ0v) is 23.9. The fourth-order valence-corrected chi connectivity index (χ4v) is 6.27. The molecule has 1 atom stereocenters. The van der Waals surface area contributed by atoms with Crippen molar-refractivity contribution >= 4 is 21.8 Å². The lowest BCUT2D eigenvalue weighted by atomic mass is 9.97. The molecule has 2 aliphatic rings. The Morgan fingerprint density at radius 1 is 1.05 bits per heavy atom. The average molecular weight is 570 g/mol. The van der Waals surface area contributed by atoms with Gasteiger partial charge in [-0.05, 0) is 68.9 Å². The van der Waals surface area contributed by atoms with Crippen LogP contribution in [-0.2, 0) is 30.9 Å². The van der Waals surface area contributed by atoms with Crippen molar-refractivity contribution in [2.24, 2.45) is 0 Å². The van der Waals surface area contributed by atoms with Crippen molar-refractivity contribution < 1.29 is 27.5 Å². The number of sulfonamides is 1. The normalized spacial score (nSPS) is 17.0. The number of carbonyl (C=O) groups excluding carboxylic acids is 2. The van der Waals surface area contributed by atoms with Gasteiger partial charge in [-0.25, -0.2) is 8.42 Å². The van der Waals surface area contributed by atoms with Crippen LogP contribution in [0.3, 0.4) is 0 Å². The number of nitrogens with zero attached hydrogens (tertiary/aromatic N) is 2. The van der Waals surface area contributed by atoms with E-state index in [2.05, 4.69) is 11.4 Å². The maximum absolute atomic E-state index is 13.3. The Hall–Kier alpha value is -3.21. The molecule has 4 rings (SSSR count). The van der Waals surface area contributed by atoms with Crippen molar-refractivity contribution in [1.82, 2.24) is 14.5 Å². The molecule has 40 heavy (non-hydrogen) atoms. The van der Waals surface area contributed by atoms with E-state index < -0.39 is 16.1 Å². The van der Waals surface area contributed by atoms with Crippen LogP contribution in [0.2, 0.25) is 0 Å². The number of ether oxygens (including phenoxy) is 2. The van der Waals surface area contributed by atoms with E-state index in [4.69, 9.17) is 9.47 Å². The summed E-state index contributed by atoms with van der Waals surface area (Å²) in [6.45, 7) is 3.62. The summed E-state index contributed by atoms with van der Waals surface area (Å²) in [6.07, 6.45) is 7.70. The second-order valence-corrected chi connectivity index (χ2v) is 12.0. The van der Waals surface area contributed by atoms with Gasteiger partial charge in [0.15, 0.2) is 6.61 Å². The van der Waals surface area contributed by atoms with E-state index in [0.29, 0.717) is 38.6 Å². The molecule has 1 aliphatic carbocycles. The van der Waals surface area contributed by atoms with E-state index in [1.165, 1.54) is 51.9 Å². The Bertz CT molecular complexity index is 1260. The lowest BCUT2D eigenvalue weighted by Crippen LogP contribution is -2.49. The van der Waals surface area contributed by atoms with Gasteiger partial charge in [0.25, 0.3) is 5.91 Å². The van der Waals surface area contributed by atoms with E-state index in [0.717, 1.165) is 24.8 Å². The molecule has 1 N–H and O–H groups in total. The molecular formula is C30H39N3O6S. The van der Waals surface area contributed by atoms with Crippen molar-refractivity contribution in [3.05, 3.63) is 71.8 Å². The van der Waals surface area contributed by atoms with E-state index in [1.54, 1.807) is 6.92 Å². The number of hydrogen-bond acceptors (Lipinski definition) is 6. The van der Waals surface area contributed by atoms with E-state index in [-0.39, 0.29) is 29.9 Å². The van der Waals surface area contributed by atoms with Crippen LogP contribution in [0, 0.1) is 0 Å². The molecule has 10 heteroatoms. The molecule has 0 radical (unpaired) electrons. The second-order valence-electron chi connectivity index (χ2n) is 10.1. The summed E-state index contributed by atoms with van der Waals surface area (Å²) in [5, 5.41) is 2.99. The number of amides is 2. The molecule has 0 bridgehead atoms. The maximum atomic E-state index is 13.3. The topological polar surface area (TPSA) is 105 Å². The minimum atomic E-state index is -3.62. The minimum absolute atomic E-state index is 0.160. The van der Waals surface area contributed by atoms with Crippen LogP contribution in [0.25, 0.3) is 0 Å². The third-order valence-electron chi connectivity index (χ3n) is 7.29. The van der Waals surface area contributed by atoms with Gasteiger partial charge in [-0.15, -0.1) is 0 Å². The van der Waals surface area contributed by atoms with Crippen molar-refractivity contribution in [2.45, 2.75) is 56.5 Å². The molecule has 2 aromatic rings. The Labute approximate surface area is 237 Å². The molecule has 0 unspecified atom stereocenters. The standard InChI is InChI=1S/C30H39N3O6S/c1-24(30(35)31-17-16-25-8-4-2-5-9-25)33(22-26-10-6-3-7-11-26)29(34)23-39-27-12-14-28(15-13-27)40(36,37)32-18-20-38-21-19-32/h3,6-8,10-15,24H,2,4-5,9,16-23H2,1H3,(H,31,35)/t24-/m0/s1. The monoisotopic (exact) mass is 569 g/mol. The van der Waals surface area contributed by atoms with Gasteiger partial charge < -0.3 is 19.7 Å². The number of carbonyl (C=O) groups is 2. The van der Waals surface area contributed by atoms with E-state index in [9.17, 15) is 18.0 Å². The first-order valence-corrected chi connectivity index (χ1v) is 15.4. The Morgan fingerprint density at radius 2 is 1.77 bits per heavy atom. The number of benzene rings is 2. The molecule has 0 spiro atoms. The molecular weight excluding hydrogens is 530 g/mol. The molecule has 9 nitrogen and oxygen atoms in total. The van der Waals surface area contributed by atoms with E-state index >= 15 is 0 Å². The van der Waals surface area contributed by atoms with Gasteiger partial charge in [0.2, 0.25) is 15.9 Å². The molecule has 1 fully saturated rings. The lowest BCUT2D eigenvalue weighted by Gasteiger charge is -2.29. The van der Waals surface area contributed by atoms with Crippen LogP contribution in [0.4, 0.5) is 0 Å². The quantitative estimate of drug-likeness (QED) is 0.392. The highest BCUT2D eigenvalue weighted by molar-refractivity contribution is 7.89. The largest absolute Gasteiger partial charge is 0.484 e. The van der Waals surface area contributed by atoms with E-state index in [1.807, 2.05) is 30.3 Å². The van der Waals surface area contributed by atoms with Crippen LogP contribution < -0.4 is 10.1 Å². The summed E-state index contributed by atoms with van der Waals surface area (Å²) in [4.78, 5) is 28.0. The summed E-state index contributed by atoms with van der Waals surface area (Å²) in [5.74, 6) is -0.184. The second kappa shape index (κ2) is 14.4. The lowest BCUT2D eigenvalue weighted by molar-refractivity contribution is -0.142. The van der Waals surface area contributed by atoms with Gasteiger partial charge in [-0.2, -0.15) is 4.31 Å². The third kappa shape index (κ3) is 8.16. The van der Waals surface area contributed by atoms with Gasteiger partial charge >= 0.3 is 0 Å². The Morgan fingerprint density at radius 3 is 2.45 bits per heavy atom. The minimum Gasteiger partial charge on any atom is -0.484 e. The molecule has 0 aromatic heterocycles. The summed E-state index contributed by atoms with van der Waals surface area (Å²) >= 11 is 0. The fourth-order valence-electron chi connectivity index (χ4n) is 4.86. The SMILES string of the molecule is C[C@@H](C(=O)NCCC1=CCCCC1)N(Cc1ccccc1)C(=O)COc1ccc(S(=O)(=O)N2CCOCC2)cc1. The first-order valence-electron chi connectivity index (χ1n) is 13.9. The van der Waals surface area contributed by atoms with Crippen LogP contribution in [-0.4, -0.2) is 74.9 Å². The zero-order chi connectivity index (χ0) is 28.4. The van der Waals surface area contributed by atoms with Crippen molar-refractivity contribution in [3.8, 4) is 5.75 Å². The molecule has 1 saturated heterocycles. The molecule has 0 saturated carbocycles. The first kappa shape index (κ1) is 29.8. The average Bonchev–Trinajstić information content (AvgIpc) is 3.00. The molecule has 2 amide bonds. The maximum Gasteiger partial charge on any atom is 0.261 e. The van der Waals surface area contributed by atoms with Crippen LogP contribution in [0.1, 0.15) is 44.6 Å². The number of rotatable bonds is 12. The highest BCUT2D eigenvalue weighted by Crippen LogP contribution is 2.21. The summed E-state index contributed by atoms with van der Waals surface area (Å²) < 4.78 is 38.1. The molecule has 216 valence electrons. The van der Waals surface area contributed by atoms with Gasteiger partial charge in [-0.3, -0.25) is 9.59 Å². The number of nitrogens with one attached hydrogen (secondary N) is 1. The molecule has 1 heterocycles. The van der Waals surface area contributed by atoms with Crippen LogP contribution in [0.5, 0.6) is 5.75 Å². The summed E-state index contributed by atoms with van der Waals surface area (Å²) in [5.41, 5.74) is 2.29. The highest BCUT2D eigenvalue weighted by atomic mass is 32.2. The van der Waals surface area contributed by atoms with Crippen molar-refractivity contribution in [2.75, 3.05) is 39.5 Å². The predicted molar refractivity (Wildman–Crippen MR) is 152 cm³/mol. The third-order valence-corrected chi connectivity index (χ3v) is 9.20. The number of allylic oxidation sites excluding steroid dienone is 1.